The van der Waals surface area contributed by atoms with E-state index >= 15 is 0 Å². The standard InChI is InChI=1S/C9H13N3O3/c1-6-3-10-12(4-6)5-8(9(14)15)11-7(2)13/h3-4,8H,5H2,1-2H3,(H,11,13)(H,14,15). The Bertz CT molecular complexity index is 372. The van der Waals surface area contributed by atoms with Gasteiger partial charge in [0, 0.05) is 13.1 Å². The number of carboxylic acids is 1. The molecule has 0 spiro atoms. The number of hydrogen-bond acceptors (Lipinski definition) is 3. The summed E-state index contributed by atoms with van der Waals surface area (Å²) in [4.78, 5) is 21.5. The van der Waals surface area contributed by atoms with Gasteiger partial charge < -0.3 is 10.4 Å². The quantitative estimate of drug-likeness (QED) is 0.721. The number of carbonyl (C=O) groups excluding carboxylic acids is 1. The predicted molar refractivity (Wildman–Crippen MR) is 52.2 cm³/mol. The van der Waals surface area contributed by atoms with Crippen LogP contribution in [-0.4, -0.2) is 32.8 Å². The van der Waals surface area contributed by atoms with Crippen LogP contribution in [0.15, 0.2) is 12.4 Å². The van der Waals surface area contributed by atoms with E-state index in [-0.39, 0.29) is 12.5 Å². The average Bonchev–Trinajstić information content (AvgIpc) is 2.49. The van der Waals surface area contributed by atoms with Gasteiger partial charge in [-0.3, -0.25) is 9.48 Å². The lowest BCUT2D eigenvalue weighted by Gasteiger charge is -2.12. The molecule has 0 fully saturated rings. The smallest absolute Gasteiger partial charge is 0.328 e. The molecule has 0 radical (unpaired) electrons. The molecular formula is C9H13N3O3. The van der Waals surface area contributed by atoms with Crippen molar-refractivity contribution in [3.8, 4) is 0 Å². The highest BCUT2D eigenvalue weighted by atomic mass is 16.4. The molecule has 15 heavy (non-hydrogen) atoms. The van der Waals surface area contributed by atoms with Crippen molar-refractivity contribution < 1.29 is 14.7 Å². The van der Waals surface area contributed by atoms with E-state index in [1.165, 1.54) is 11.6 Å². The lowest BCUT2D eigenvalue weighted by Crippen LogP contribution is -2.42. The Kier molecular flexibility index (Phi) is 3.43. The molecular weight excluding hydrogens is 198 g/mol. The van der Waals surface area contributed by atoms with E-state index in [2.05, 4.69) is 10.4 Å². The molecule has 0 saturated heterocycles. The maximum absolute atomic E-state index is 10.8. The second-order valence-electron chi connectivity index (χ2n) is 3.33. The van der Waals surface area contributed by atoms with E-state index in [4.69, 9.17) is 5.11 Å². The molecule has 6 heteroatoms. The molecule has 1 aromatic rings. The highest BCUT2D eigenvalue weighted by molar-refractivity contribution is 5.81. The van der Waals surface area contributed by atoms with Gasteiger partial charge in [-0.2, -0.15) is 5.10 Å². The fourth-order valence-electron chi connectivity index (χ4n) is 1.18. The van der Waals surface area contributed by atoms with Crippen LogP contribution in [0.4, 0.5) is 0 Å². The Hall–Kier alpha value is -1.85. The largest absolute Gasteiger partial charge is 0.480 e. The lowest BCUT2D eigenvalue weighted by molar-refractivity contribution is -0.142. The topological polar surface area (TPSA) is 84.2 Å². The highest BCUT2D eigenvalue weighted by Crippen LogP contribution is 1.97. The number of hydrogen-bond donors (Lipinski definition) is 2. The van der Waals surface area contributed by atoms with Gasteiger partial charge in [-0.1, -0.05) is 0 Å². The Morgan fingerprint density at radius 1 is 1.67 bits per heavy atom. The van der Waals surface area contributed by atoms with Gasteiger partial charge in [0.2, 0.25) is 5.91 Å². The maximum atomic E-state index is 10.8. The minimum atomic E-state index is -1.07. The van der Waals surface area contributed by atoms with Crippen molar-refractivity contribution in [1.82, 2.24) is 15.1 Å². The summed E-state index contributed by atoms with van der Waals surface area (Å²) in [6, 6.07) is -0.943. The van der Waals surface area contributed by atoms with Crippen LogP contribution in [0, 0.1) is 6.92 Å². The third kappa shape index (κ3) is 3.41. The summed E-state index contributed by atoms with van der Waals surface area (Å²) in [6.45, 7) is 3.27. The number of carboxylic acid groups (broad SMARTS) is 1. The van der Waals surface area contributed by atoms with Gasteiger partial charge in [-0.25, -0.2) is 4.79 Å². The van der Waals surface area contributed by atoms with E-state index in [1.807, 2.05) is 6.92 Å². The zero-order valence-corrected chi connectivity index (χ0v) is 8.60. The van der Waals surface area contributed by atoms with Crippen molar-refractivity contribution in [2.24, 2.45) is 0 Å². The predicted octanol–water partition coefficient (Wildman–Crippen LogP) is -0.219. The molecule has 0 saturated carbocycles. The monoisotopic (exact) mass is 211 g/mol. The van der Waals surface area contributed by atoms with Crippen molar-refractivity contribution in [2.75, 3.05) is 0 Å². The molecule has 1 atom stereocenters. The van der Waals surface area contributed by atoms with Crippen molar-refractivity contribution in [2.45, 2.75) is 26.4 Å². The third-order valence-corrected chi connectivity index (χ3v) is 1.81. The zero-order valence-electron chi connectivity index (χ0n) is 8.60. The lowest BCUT2D eigenvalue weighted by atomic mass is 10.3. The van der Waals surface area contributed by atoms with Crippen LogP contribution in [0.1, 0.15) is 12.5 Å². The molecule has 0 aliphatic rings. The summed E-state index contributed by atoms with van der Waals surface area (Å²) >= 11 is 0. The zero-order chi connectivity index (χ0) is 11.4. The SMILES string of the molecule is CC(=O)NC(Cn1cc(C)cn1)C(=O)O. The molecule has 1 rings (SSSR count). The molecule has 2 N–H and O–H groups in total. The second kappa shape index (κ2) is 4.59. The number of nitrogens with one attached hydrogen (secondary N) is 1. The Balaban J connectivity index is 2.66. The van der Waals surface area contributed by atoms with Crippen LogP contribution in [-0.2, 0) is 16.1 Å². The van der Waals surface area contributed by atoms with Crippen molar-refractivity contribution >= 4 is 11.9 Å². The Morgan fingerprint density at radius 3 is 2.73 bits per heavy atom. The fraction of sp³-hybridized carbons (Fsp3) is 0.444. The minimum Gasteiger partial charge on any atom is -0.480 e. The molecule has 0 aliphatic heterocycles. The first-order chi connectivity index (χ1) is 6.99. The van der Waals surface area contributed by atoms with Gasteiger partial charge in [0.15, 0.2) is 0 Å². The van der Waals surface area contributed by atoms with Crippen LogP contribution in [0.3, 0.4) is 0 Å². The van der Waals surface area contributed by atoms with Crippen LogP contribution in [0.2, 0.25) is 0 Å². The molecule has 0 aromatic carbocycles. The van der Waals surface area contributed by atoms with E-state index in [9.17, 15) is 9.59 Å². The summed E-state index contributed by atoms with van der Waals surface area (Å²) in [6.07, 6.45) is 3.35. The molecule has 6 nitrogen and oxygen atoms in total. The molecule has 1 heterocycles. The third-order valence-electron chi connectivity index (χ3n) is 1.81. The van der Waals surface area contributed by atoms with Gasteiger partial charge >= 0.3 is 5.97 Å². The average molecular weight is 211 g/mol. The Labute approximate surface area is 86.9 Å². The number of rotatable bonds is 4. The number of aliphatic carboxylic acids is 1. The summed E-state index contributed by atoms with van der Waals surface area (Å²) < 4.78 is 1.49. The number of aryl methyl sites for hydroxylation is 1. The summed E-state index contributed by atoms with van der Waals surface area (Å²) in [5, 5.41) is 15.1. The summed E-state index contributed by atoms with van der Waals surface area (Å²) in [5.74, 6) is -1.44. The normalized spacial score (nSPS) is 12.1. The Morgan fingerprint density at radius 2 is 2.33 bits per heavy atom. The van der Waals surface area contributed by atoms with Gasteiger partial charge in [-0.15, -0.1) is 0 Å². The molecule has 0 bridgehead atoms. The summed E-state index contributed by atoms with van der Waals surface area (Å²) in [5.41, 5.74) is 0.946. The van der Waals surface area contributed by atoms with Gasteiger partial charge in [0.1, 0.15) is 6.04 Å². The minimum absolute atomic E-state index is 0.128. The highest BCUT2D eigenvalue weighted by Gasteiger charge is 2.18. The number of nitrogens with zero attached hydrogens (tertiary/aromatic N) is 2. The van der Waals surface area contributed by atoms with Gasteiger partial charge in [0.25, 0.3) is 0 Å². The number of amides is 1. The first-order valence-corrected chi connectivity index (χ1v) is 4.48. The second-order valence-corrected chi connectivity index (χ2v) is 3.33. The maximum Gasteiger partial charge on any atom is 0.328 e. The van der Waals surface area contributed by atoms with Crippen LogP contribution >= 0.6 is 0 Å². The number of aromatic nitrogens is 2. The van der Waals surface area contributed by atoms with E-state index in [1.54, 1.807) is 12.4 Å². The van der Waals surface area contributed by atoms with E-state index in [0.717, 1.165) is 5.56 Å². The van der Waals surface area contributed by atoms with Crippen molar-refractivity contribution in [3.05, 3.63) is 18.0 Å². The molecule has 1 unspecified atom stereocenters. The molecule has 0 aliphatic carbocycles. The molecule has 1 amide bonds. The van der Waals surface area contributed by atoms with E-state index < -0.39 is 12.0 Å². The fourth-order valence-corrected chi connectivity index (χ4v) is 1.18. The van der Waals surface area contributed by atoms with Gasteiger partial charge in [-0.05, 0) is 12.5 Å². The first kappa shape index (κ1) is 11.2. The molecule has 1 aromatic heterocycles. The van der Waals surface area contributed by atoms with Crippen LogP contribution < -0.4 is 5.32 Å². The molecule has 82 valence electrons. The van der Waals surface area contributed by atoms with Crippen LogP contribution in [0.5, 0.6) is 0 Å². The summed E-state index contributed by atoms with van der Waals surface area (Å²) in [7, 11) is 0. The van der Waals surface area contributed by atoms with Crippen molar-refractivity contribution in [3.63, 3.8) is 0 Å². The van der Waals surface area contributed by atoms with Crippen LogP contribution in [0.25, 0.3) is 0 Å². The van der Waals surface area contributed by atoms with Crippen molar-refractivity contribution in [1.29, 1.82) is 0 Å². The first-order valence-electron chi connectivity index (χ1n) is 4.48. The number of carbonyl (C=O) groups is 2. The van der Waals surface area contributed by atoms with E-state index in [0.29, 0.717) is 0 Å². The van der Waals surface area contributed by atoms with Gasteiger partial charge in [0.05, 0.1) is 12.7 Å².